The predicted molar refractivity (Wildman–Crippen MR) is 79.5 cm³/mol. The second kappa shape index (κ2) is 6.74. The molecule has 5 nitrogen and oxygen atoms in total. The van der Waals surface area contributed by atoms with E-state index in [1.807, 2.05) is 0 Å². The van der Waals surface area contributed by atoms with Crippen LogP contribution in [0.15, 0.2) is 24.3 Å². The van der Waals surface area contributed by atoms with E-state index >= 15 is 0 Å². The topological polar surface area (TPSA) is 83.5 Å². The van der Waals surface area contributed by atoms with E-state index in [-0.39, 0.29) is 30.1 Å². The van der Waals surface area contributed by atoms with Gasteiger partial charge in [0, 0.05) is 18.0 Å². The van der Waals surface area contributed by atoms with Gasteiger partial charge in [-0.3, -0.25) is 4.79 Å². The van der Waals surface area contributed by atoms with Crippen molar-refractivity contribution in [3.8, 4) is 11.8 Å². The third-order valence-electron chi connectivity index (χ3n) is 3.20. The van der Waals surface area contributed by atoms with Gasteiger partial charge in [-0.1, -0.05) is 24.0 Å². The number of carbonyl (C=O) groups is 1. The zero-order chi connectivity index (χ0) is 15.3. The zero-order valence-electron chi connectivity index (χ0n) is 11.5. The normalized spacial score (nSPS) is 19.6. The molecule has 0 spiro atoms. The predicted octanol–water partition coefficient (Wildman–Crippen LogP) is 0.337. The zero-order valence-corrected chi connectivity index (χ0v) is 12.3. The molecule has 112 valence electrons. The van der Waals surface area contributed by atoms with Crippen LogP contribution in [0.3, 0.4) is 0 Å². The lowest BCUT2D eigenvalue weighted by atomic mass is 10.1. The van der Waals surface area contributed by atoms with E-state index in [2.05, 4.69) is 17.2 Å². The Hall–Kier alpha value is -1.84. The number of rotatable bonds is 3. The number of sulfone groups is 1. The Morgan fingerprint density at radius 1 is 1.38 bits per heavy atom. The van der Waals surface area contributed by atoms with E-state index in [1.165, 1.54) is 0 Å². The summed E-state index contributed by atoms with van der Waals surface area (Å²) >= 11 is 0. The molecule has 0 aliphatic carbocycles. The smallest absolute Gasteiger partial charge is 0.252 e. The number of hydrogen-bond acceptors (Lipinski definition) is 4. The summed E-state index contributed by atoms with van der Waals surface area (Å²) in [6.45, 7) is -0.0265. The van der Waals surface area contributed by atoms with Crippen LogP contribution in [0.4, 0.5) is 0 Å². The van der Waals surface area contributed by atoms with E-state index in [4.69, 9.17) is 5.11 Å². The first-order chi connectivity index (χ1) is 10.0. The minimum atomic E-state index is -3.02. The highest BCUT2D eigenvalue weighted by Crippen LogP contribution is 2.13. The van der Waals surface area contributed by atoms with Gasteiger partial charge in [-0.15, -0.1) is 0 Å². The molecule has 1 amide bonds. The number of hydrogen-bond donors (Lipinski definition) is 2. The molecule has 6 heteroatoms. The van der Waals surface area contributed by atoms with Crippen molar-refractivity contribution in [2.75, 3.05) is 18.1 Å². The number of nitrogens with one attached hydrogen (secondary N) is 1. The fourth-order valence-electron chi connectivity index (χ4n) is 2.18. The highest BCUT2D eigenvalue weighted by atomic mass is 32.2. The third kappa shape index (κ3) is 4.31. The monoisotopic (exact) mass is 307 g/mol. The Morgan fingerprint density at radius 3 is 2.81 bits per heavy atom. The van der Waals surface area contributed by atoms with Crippen LogP contribution in [0.1, 0.15) is 28.8 Å². The van der Waals surface area contributed by atoms with Gasteiger partial charge in [0.05, 0.1) is 23.7 Å². The molecule has 0 aromatic heterocycles. The summed E-state index contributed by atoms with van der Waals surface area (Å²) in [5.41, 5.74) is 0.997. The molecule has 21 heavy (non-hydrogen) atoms. The molecular weight excluding hydrogens is 290 g/mol. The maximum atomic E-state index is 12.2. The number of benzene rings is 1. The first kappa shape index (κ1) is 15.5. The molecule has 1 heterocycles. The number of carbonyl (C=O) groups excluding carboxylic acids is 1. The number of aliphatic hydroxyl groups is 1. The van der Waals surface area contributed by atoms with E-state index < -0.39 is 9.84 Å². The van der Waals surface area contributed by atoms with Crippen LogP contribution in [-0.4, -0.2) is 43.6 Å². The van der Waals surface area contributed by atoms with E-state index in [1.54, 1.807) is 24.3 Å². The first-order valence-corrected chi connectivity index (χ1v) is 8.54. The van der Waals surface area contributed by atoms with Crippen molar-refractivity contribution in [2.24, 2.45) is 0 Å². The van der Waals surface area contributed by atoms with Gasteiger partial charge in [-0.2, -0.15) is 0 Å². The lowest BCUT2D eigenvalue weighted by Crippen LogP contribution is -2.35. The molecule has 0 saturated carbocycles. The molecule has 1 aromatic rings. The Balaban J connectivity index is 2.11. The van der Waals surface area contributed by atoms with Crippen LogP contribution in [0.5, 0.6) is 0 Å². The number of amides is 1. The molecule has 2 N–H and O–H groups in total. The maximum Gasteiger partial charge on any atom is 0.252 e. The summed E-state index contributed by atoms with van der Waals surface area (Å²) in [6, 6.07) is 6.56. The Labute approximate surface area is 124 Å². The molecule has 2 rings (SSSR count). The lowest BCUT2D eigenvalue weighted by Gasteiger charge is -2.11. The van der Waals surface area contributed by atoms with E-state index in [0.29, 0.717) is 24.0 Å². The van der Waals surface area contributed by atoms with Gasteiger partial charge in [0.1, 0.15) is 0 Å². The van der Waals surface area contributed by atoms with Crippen LogP contribution < -0.4 is 5.32 Å². The standard InChI is InChI=1S/C15H17NO4S/c17-9-4-3-6-12-5-1-2-7-14(12)15(18)16-13-8-10-21(19,20)11-13/h1-2,5,7,13,17H,4,8-11H2,(H,16,18). The Morgan fingerprint density at radius 2 is 2.14 bits per heavy atom. The molecule has 1 aliphatic heterocycles. The van der Waals surface area contributed by atoms with Crippen LogP contribution >= 0.6 is 0 Å². The van der Waals surface area contributed by atoms with Crippen molar-refractivity contribution in [2.45, 2.75) is 18.9 Å². The van der Waals surface area contributed by atoms with Crippen molar-refractivity contribution < 1.29 is 18.3 Å². The maximum absolute atomic E-state index is 12.2. The summed E-state index contributed by atoms with van der Waals surface area (Å²) in [5.74, 6) is 5.43. The van der Waals surface area contributed by atoms with Crippen LogP contribution in [0.25, 0.3) is 0 Å². The SMILES string of the molecule is O=C(NC1CCS(=O)(=O)C1)c1ccccc1C#CCCO. The summed E-state index contributed by atoms with van der Waals surface area (Å²) in [6.07, 6.45) is 0.795. The van der Waals surface area contributed by atoms with Crippen molar-refractivity contribution in [1.29, 1.82) is 0 Å². The second-order valence-electron chi connectivity index (χ2n) is 4.89. The fraction of sp³-hybridized carbons (Fsp3) is 0.400. The van der Waals surface area contributed by atoms with Crippen molar-refractivity contribution in [1.82, 2.24) is 5.32 Å². The van der Waals surface area contributed by atoms with E-state index in [9.17, 15) is 13.2 Å². The highest BCUT2D eigenvalue weighted by molar-refractivity contribution is 7.91. The van der Waals surface area contributed by atoms with Crippen LogP contribution in [0, 0.1) is 11.8 Å². The Bertz CT molecular complexity index is 685. The van der Waals surface area contributed by atoms with Gasteiger partial charge in [-0.25, -0.2) is 8.42 Å². The van der Waals surface area contributed by atoms with Crippen LogP contribution in [0.2, 0.25) is 0 Å². The van der Waals surface area contributed by atoms with Crippen molar-refractivity contribution in [3.63, 3.8) is 0 Å². The molecule has 1 fully saturated rings. The van der Waals surface area contributed by atoms with E-state index in [0.717, 1.165) is 0 Å². The lowest BCUT2D eigenvalue weighted by molar-refractivity contribution is 0.0941. The fourth-order valence-corrected chi connectivity index (χ4v) is 3.85. The average molecular weight is 307 g/mol. The first-order valence-electron chi connectivity index (χ1n) is 6.72. The quantitative estimate of drug-likeness (QED) is 0.789. The van der Waals surface area contributed by atoms with Crippen LogP contribution in [-0.2, 0) is 9.84 Å². The molecule has 1 saturated heterocycles. The Kier molecular flexibility index (Phi) is 4.99. The second-order valence-corrected chi connectivity index (χ2v) is 7.12. The van der Waals surface area contributed by atoms with Gasteiger partial charge in [0.15, 0.2) is 9.84 Å². The summed E-state index contributed by atoms with van der Waals surface area (Å²) < 4.78 is 22.8. The molecule has 1 aromatic carbocycles. The molecule has 0 bridgehead atoms. The molecule has 1 aliphatic rings. The summed E-state index contributed by atoms with van der Waals surface area (Å²) in [5, 5.41) is 11.5. The highest BCUT2D eigenvalue weighted by Gasteiger charge is 2.29. The minimum absolute atomic E-state index is 0.00288. The molecular formula is C15H17NO4S. The summed E-state index contributed by atoms with van der Waals surface area (Å²) in [4.78, 5) is 12.2. The summed E-state index contributed by atoms with van der Waals surface area (Å²) in [7, 11) is -3.02. The van der Waals surface area contributed by atoms with Gasteiger partial charge in [0.25, 0.3) is 5.91 Å². The van der Waals surface area contributed by atoms with Gasteiger partial charge in [0.2, 0.25) is 0 Å². The van der Waals surface area contributed by atoms with Crippen molar-refractivity contribution >= 4 is 15.7 Å². The largest absolute Gasteiger partial charge is 0.395 e. The average Bonchev–Trinajstić information content (AvgIpc) is 2.78. The van der Waals surface area contributed by atoms with Gasteiger partial charge >= 0.3 is 0 Å². The van der Waals surface area contributed by atoms with Gasteiger partial charge in [-0.05, 0) is 18.6 Å². The third-order valence-corrected chi connectivity index (χ3v) is 4.97. The number of aliphatic hydroxyl groups excluding tert-OH is 1. The molecule has 0 radical (unpaired) electrons. The molecule has 1 atom stereocenters. The van der Waals surface area contributed by atoms with Gasteiger partial charge < -0.3 is 10.4 Å². The minimum Gasteiger partial charge on any atom is -0.395 e. The molecule has 1 unspecified atom stereocenters. The van der Waals surface area contributed by atoms with Crippen molar-refractivity contribution in [3.05, 3.63) is 35.4 Å².